The van der Waals surface area contributed by atoms with Crippen molar-refractivity contribution in [2.45, 2.75) is 107 Å². The maximum absolute atomic E-state index is 12.5. The van der Waals surface area contributed by atoms with Crippen LogP contribution in [0.1, 0.15) is 115 Å². The van der Waals surface area contributed by atoms with Crippen LogP contribution in [-0.4, -0.2) is 27.3 Å². The molecule has 4 rings (SSSR count). The van der Waals surface area contributed by atoms with Gasteiger partial charge in [-0.2, -0.15) is 5.26 Å². The molecule has 0 saturated heterocycles. The van der Waals surface area contributed by atoms with Crippen molar-refractivity contribution in [2.75, 3.05) is 0 Å². The number of carbonyl (C=O) groups is 1. The van der Waals surface area contributed by atoms with E-state index in [2.05, 4.69) is 87.7 Å². The zero-order chi connectivity index (χ0) is 30.6. The second-order valence-electron chi connectivity index (χ2n) is 10.8. The van der Waals surface area contributed by atoms with Crippen LogP contribution in [0.5, 0.6) is 0 Å². The van der Waals surface area contributed by atoms with Gasteiger partial charge in [0.1, 0.15) is 11.8 Å². The first-order valence-corrected chi connectivity index (χ1v) is 15.8. The third kappa shape index (κ3) is 5.45. The van der Waals surface area contributed by atoms with Gasteiger partial charge in [0.05, 0.1) is 11.4 Å². The average Bonchev–Trinajstić information content (AvgIpc) is 3.71. The predicted molar refractivity (Wildman–Crippen MR) is 175 cm³/mol. The predicted octanol–water partition coefficient (Wildman–Crippen LogP) is 6.74. The highest BCUT2D eigenvalue weighted by molar-refractivity contribution is 6.31. The molecule has 0 aromatic carbocycles. The van der Waals surface area contributed by atoms with Crippen LogP contribution in [0.2, 0.25) is 0 Å². The van der Waals surface area contributed by atoms with E-state index in [0.717, 1.165) is 95.2 Å². The minimum Gasteiger partial charge on any atom is -0.355 e. The van der Waals surface area contributed by atoms with Gasteiger partial charge >= 0.3 is 0 Å². The number of aromatic nitrogens is 2. The van der Waals surface area contributed by atoms with Crippen LogP contribution in [0.4, 0.5) is 0 Å². The summed E-state index contributed by atoms with van der Waals surface area (Å²) >= 11 is 0. The van der Waals surface area contributed by atoms with Crippen molar-refractivity contribution >= 4 is 35.6 Å². The first kappa shape index (κ1) is 31.0. The van der Waals surface area contributed by atoms with Gasteiger partial charge in [-0.3, -0.25) is 4.79 Å². The molecule has 4 heterocycles. The second-order valence-corrected chi connectivity index (χ2v) is 10.8. The van der Waals surface area contributed by atoms with E-state index in [4.69, 9.17) is 4.99 Å². The van der Waals surface area contributed by atoms with Crippen molar-refractivity contribution < 1.29 is 4.79 Å². The molecule has 0 fully saturated rings. The van der Waals surface area contributed by atoms with Gasteiger partial charge < -0.3 is 9.97 Å². The highest BCUT2D eigenvalue weighted by atomic mass is 16.1. The molecule has 0 saturated carbocycles. The summed E-state index contributed by atoms with van der Waals surface area (Å²) in [5.41, 5.74) is 13.7. The quantitative estimate of drug-likeness (QED) is 0.317. The van der Waals surface area contributed by atoms with Crippen molar-refractivity contribution in [1.29, 1.82) is 5.26 Å². The Morgan fingerprint density at radius 1 is 0.595 bits per heavy atom. The van der Waals surface area contributed by atoms with Crippen LogP contribution in [0.3, 0.4) is 0 Å². The van der Waals surface area contributed by atoms with Crippen LogP contribution in [-0.2, 0) is 30.5 Å². The van der Waals surface area contributed by atoms with Crippen LogP contribution in [0.25, 0.3) is 18.2 Å². The normalized spacial score (nSPS) is 17.3. The molecular weight excluding hydrogens is 518 g/mol. The SMILES string of the molecule is CCC1=C(CC)C(/C=c2\[nH]/c(=C/c3[nH]c(/C=C4\N=C(C#N)C(CC)=C4CC)c(CC)c3CC)c(CC)c2CC)=NC1=O. The Morgan fingerprint density at radius 2 is 1.12 bits per heavy atom. The fraction of sp³-hybridized carbons (Fsp3) is 0.444. The number of hydrogen-bond acceptors (Lipinski definition) is 3. The number of rotatable bonds is 11. The van der Waals surface area contributed by atoms with E-state index in [9.17, 15) is 10.1 Å². The molecule has 0 radical (unpaired) electrons. The van der Waals surface area contributed by atoms with Crippen molar-refractivity contribution in [1.82, 2.24) is 9.97 Å². The van der Waals surface area contributed by atoms with Gasteiger partial charge in [0.2, 0.25) is 0 Å². The monoisotopic (exact) mass is 563 g/mol. The van der Waals surface area contributed by atoms with E-state index in [1.165, 1.54) is 27.8 Å². The molecule has 0 spiro atoms. The standard InChI is InChI=1S/C36H45N5O/c1-9-21-22(10-2)31(18-33-25(13-5)26(14-6)35(20-37)40-33)38-29(21)17-30-23(11-3)24(12-4)32(39-30)19-34-27(15-7)28(16-8)36(42)41-34/h17-19,38-39H,9-16H2,1-8H3/b30-17+,32-19-,33-18-. The molecule has 2 aromatic rings. The molecular formula is C36H45N5O. The van der Waals surface area contributed by atoms with Gasteiger partial charge in [-0.15, -0.1) is 0 Å². The summed E-state index contributed by atoms with van der Waals surface area (Å²) < 4.78 is 0. The minimum absolute atomic E-state index is 0.0963. The Balaban J connectivity index is 1.91. The highest BCUT2D eigenvalue weighted by Crippen LogP contribution is 2.33. The fourth-order valence-electron chi connectivity index (χ4n) is 6.71. The number of allylic oxidation sites excluding steroid dienone is 3. The Morgan fingerprint density at radius 3 is 1.62 bits per heavy atom. The number of aliphatic imine (C=N–C) groups is 2. The summed E-state index contributed by atoms with van der Waals surface area (Å²) in [6.07, 6.45) is 13.2. The molecule has 2 aromatic heterocycles. The van der Waals surface area contributed by atoms with Gasteiger partial charge in [0.15, 0.2) is 0 Å². The lowest BCUT2D eigenvalue weighted by atomic mass is 9.98. The van der Waals surface area contributed by atoms with Crippen LogP contribution >= 0.6 is 0 Å². The second kappa shape index (κ2) is 13.3. The maximum Gasteiger partial charge on any atom is 0.273 e. The van der Waals surface area contributed by atoms with Crippen molar-refractivity contribution in [2.24, 2.45) is 9.98 Å². The third-order valence-electron chi connectivity index (χ3n) is 8.70. The van der Waals surface area contributed by atoms with Gasteiger partial charge in [-0.1, -0.05) is 55.4 Å². The molecule has 6 heteroatoms. The molecule has 0 bridgehead atoms. The lowest BCUT2D eigenvalue weighted by Crippen LogP contribution is -2.15. The number of hydrogen-bond donors (Lipinski definition) is 2. The van der Waals surface area contributed by atoms with E-state index in [-0.39, 0.29) is 5.91 Å². The number of aromatic amines is 2. The van der Waals surface area contributed by atoms with E-state index < -0.39 is 0 Å². The summed E-state index contributed by atoms with van der Waals surface area (Å²) in [5.74, 6) is -0.0963. The molecule has 6 nitrogen and oxygen atoms in total. The molecule has 2 aliphatic rings. The summed E-state index contributed by atoms with van der Waals surface area (Å²) in [6, 6.07) is 2.30. The summed E-state index contributed by atoms with van der Waals surface area (Å²) in [7, 11) is 0. The summed E-state index contributed by atoms with van der Waals surface area (Å²) in [6.45, 7) is 17.1. The first-order valence-electron chi connectivity index (χ1n) is 15.8. The molecule has 2 aliphatic heterocycles. The Hall–Kier alpha value is -3.98. The molecule has 1 amide bonds. The average molecular weight is 564 g/mol. The molecule has 220 valence electrons. The van der Waals surface area contributed by atoms with Gasteiger partial charge in [-0.25, -0.2) is 9.98 Å². The topological polar surface area (TPSA) is 97.2 Å². The minimum atomic E-state index is -0.0963. The molecule has 0 unspecified atom stereocenters. The van der Waals surface area contributed by atoms with Gasteiger partial charge in [0, 0.05) is 27.7 Å². The zero-order valence-corrected chi connectivity index (χ0v) is 26.6. The smallest absolute Gasteiger partial charge is 0.273 e. The van der Waals surface area contributed by atoms with Crippen LogP contribution < -0.4 is 10.7 Å². The number of carbonyl (C=O) groups excluding carboxylic acids is 1. The lowest BCUT2D eigenvalue weighted by molar-refractivity contribution is -0.114. The maximum atomic E-state index is 12.5. The van der Waals surface area contributed by atoms with Crippen LogP contribution in [0.15, 0.2) is 38.0 Å². The first-order chi connectivity index (χ1) is 20.3. The Labute approximate surface area is 250 Å². The van der Waals surface area contributed by atoms with E-state index >= 15 is 0 Å². The summed E-state index contributed by atoms with van der Waals surface area (Å²) in [4.78, 5) is 29.1. The fourth-order valence-corrected chi connectivity index (χ4v) is 6.71. The Kier molecular flexibility index (Phi) is 9.83. The molecule has 0 atom stereocenters. The zero-order valence-electron chi connectivity index (χ0n) is 26.6. The van der Waals surface area contributed by atoms with Gasteiger partial charge in [0.25, 0.3) is 5.91 Å². The molecule has 2 N–H and O–H groups in total. The van der Waals surface area contributed by atoms with Crippen molar-refractivity contribution in [3.63, 3.8) is 0 Å². The van der Waals surface area contributed by atoms with E-state index in [1.54, 1.807) is 0 Å². The number of nitrogens with zero attached hydrogens (tertiary/aromatic N) is 3. The summed E-state index contributed by atoms with van der Waals surface area (Å²) in [5, 5.41) is 11.8. The number of nitrogens with one attached hydrogen (secondary N) is 2. The van der Waals surface area contributed by atoms with Crippen molar-refractivity contribution in [3.8, 4) is 6.07 Å². The number of nitriles is 1. The van der Waals surface area contributed by atoms with Gasteiger partial charge in [-0.05, 0) is 109 Å². The lowest BCUT2D eigenvalue weighted by Gasteiger charge is -2.04. The Bertz CT molecular complexity index is 1720. The van der Waals surface area contributed by atoms with E-state index in [1.807, 2.05) is 6.92 Å². The molecule has 42 heavy (non-hydrogen) atoms. The highest BCUT2D eigenvalue weighted by Gasteiger charge is 2.24. The van der Waals surface area contributed by atoms with Crippen molar-refractivity contribution in [3.05, 3.63) is 72.3 Å². The molecule has 0 aliphatic carbocycles. The largest absolute Gasteiger partial charge is 0.355 e. The van der Waals surface area contributed by atoms with E-state index in [0.29, 0.717) is 12.1 Å². The third-order valence-corrected chi connectivity index (χ3v) is 8.70. The number of H-pyrrole nitrogens is 2. The van der Waals surface area contributed by atoms with Crippen LogP contribution in [0, 0.1) is 11.3 Å². The number of amides is 1.